The lowest BCUT2D eigenvalue weighted by atomic mass is 9.77. The third kappa shape index (κ3) is 11.7. The molecule has 4 atom stereocenters. The molecule has 0 bridgehead atoms. The molecular formula is C69H62N4O16. The maximum Gasteiger partial charge on any atom is 0.340 e. The lowest BCUT2D eigenvalue weighted by Gasteiger charge is -2.37. The number of nitrogens with zero attached hydrogens (tertiary/aromatic N) is 2. The third-order valence-electron chi connectivity index (χ3n) is 15.7. The number of hydrogen-bond donors (Lipinski definition) is 4. The summed E-state index contributed by atoms with van der Waals surface area (Å²) in [6.45, 7) is 10.0. The largest absolute Gasteiger partial charge is 0.508 e. The number of aliphatic hydroxyl groups excluding tert-OH is 1. The Bertz CT molecular complexity index is 4110. The second kappa shape index (κ2) is 23.7. The topological polar surface area (TPSA) is 263 Å². The zero-order valence-corrected chi connectivity index (χ0v) is 49.6. The summed E-state index contributed by atoms with van der Waals surface area (Å²) < 4.78 is 44.9. The molecule has 0 radical (unpaired) electrons. The fourth-order valence-corrected chi connectivity index (χ4v) is 11.0. The normalized spacial score (nSPS) is 16.9. The van der Waals surface area contributed by atoms with Crippen molar-refractivity contribution in [2.45, 2.75) is 84.0 Å². The van der Waals surface area contributed by atoms with Crippen LogP contribution in [0.1, 0.15) is 120 Å². The van der Waals surface area contributed by atoms with E-state index in [9.17, 15) is 44.3 Å². The minimum Gasteiger partial charge on any atom is -0.508 e. The summed E-state index contributed by atoms with van der Waals surface area (Å²) >= 11 is 0. The van der Waals surface area contributed by atoms with Crippen LogP contribution in [-0.4, -0.2) is 81.9 Å². The van der Waals surface area contributed by atoms with Crippen LogP contribution in [0, 0.1) is 32.9 Å². The first-order valence-electron chi connectivity index (χ1n) is 28.6. The molecular weight excluding hydrogens is 1140 g/mol. The number of phenolic OH excluding ortho intramolecular Hbond substituents is 1. The van der Waals surface area contributed by atoms with Gasteiger partial charge in [0.1, 0.15) is 52.4 Å². The van der Waals surface area contributed by atoms with E-state index in [1.54, 1.807) is 114 Å². The number of phenols is 1. The number of aromatic nitrogens is 1. The lowest BCUT2D eigenvalue weighted by molar-refractivity contribution is -0.384. The molecule has 0 aliphatic carbocycles. The molecule has 4 heterocycles. The van der Waals surface area contributed by atoms with Crippen molar-refractivity contribution in [1.29, 1.82) is 0 Å². The Hall–Kier alpha value is -10.3. The summed E-state index contributed by atoms with van der Waals surface area (Å²) in [6.07, 6.45) is -1.16. The van der Waals surface area contributed by atoms with Gasteiger partial charge in [-0.25, -0.2) is 4.79 Å². The number of amides is 2. The minimum atomic E-state index is -1.70. The van der Waals surface area contributed by atoms with Crippen LogP contribution >= 0.6 is 0 Å². The third-order valence-corrected chi connectivity index (χ3v) is 15.7. The maximum absolute atomic E-state index is 14.0. The Morgan fingerprint density at radius 3 is 1.97 bits per heavy atom. The average molecular weight is 1200 g/mol. The summed E-state index contributed by atoms with van der Waals surface area (Å²) in [6, 6.07) is 44.4. The van der Waals surface area contributed by atoms with E-state index in [4.69, 9.17) is 33.2 Å². The van der Waals surface area contributed by atoms with Gasteiger partial charge in [0.05, 0.1) is 52.2 Å². The second-order valence-electron chi connectivity index (χ2n) is 23.8. The average Bonchev–Trinajstić information content (AvgIpc) is 1.65. The Kier molecular flexibility index (Phi) is 16.1. The van der Waals surface area contributed by atoms with Gasteiger partial charge in [-0.15, -0.1) is 0 Å². The Morgan fingerprint density at radius 2 is 1.36 bits per heavy atom. The van der Waals surface area contributed by atoms with Crippen molar-refractivity contribution in [2.24, 2.45) is 10.8 Å². The van der Waals surface area contributed by atoms with Gasteiger partial charge < -0.3 is 53.3 Å². The number of methoxy groups -OCH3 is 1. The van der Waals surface area contributed by atoms with Gasteiger partial charge in [-0.05, 0) is 137 Å². The monoisotopic (exact) mass is 1200 g/mol. The van der Waals surface area contributed by atoms with E-state index in [1.165, 1.54) is 42.5 Å². The molecule has 1 spiro atoms. The number of aliphatic hydroxyl groups is 1. The second-order valence-corrected chi connectivity index (χ2v) is 23.8. The minimum absolute atomic E-state index is 0.0667. The van der Waals surface area contributed by atoms with Gasteiger partial charge >= 0.3 is 17.9 Å². The van der Waals surface area contributed by atoms with E-state index in [1.807, 2.05) is 54.6 Å². The standard InChI is InChI=1S/C69H62N4O16/c1-66(2,3)64(79)85-48-23-26-52-57(35-48)87-58-36-49(86-65(80)67(4,5)6)24-27-53(58)69(52)54-33-40(13-25-50(54)63(78)89-69)62(77)71-32-30-60(76)70-31-29-41-38-72(55-28-18-45(73(81)82)34-51(41)55)61-37-56(75)59(88-61)39-84-68(42-11-9-8-10-12-42,43-14-19-46(74)20-15-43)44-16-21-47(83-7)22-17-44/h8-28,33-36,38,56,59,61,74-75H,30,32,37,39H2,1-7H3,(H,70,76)(H,71,77). The molecule has 89 heavy (non-hydrogen) atoms. The van der Waals surface area contributed by atoms with Gasteiger partial charge in [0.2, 0.25) is 5.91 Å². The van der Waals surface area contributed by atoms with Gasteiger partial charge in [0, 0.05) is 83.5 Å². The molecule has 2 amide bonds. The number of nitro benzene ring substituents is 1. The summed E-state index contributed by atoms with van der Waals surface area (Å²) in [4.78, 5) is 78.6. The van der Waals surface area contributed by atoms with Crippen LogP contribution in [0.2, 0.25) is 0 Å². The molecule has 20 nitrogen and oxygen atoms in total. The number of ether oxygens (including phenoxy) is 7. The first-order valence-corrected chi connectivity index (χ1v) is 28.6. The highest BCUT2D eigenvalue weighted by molar-refractivity contribution is 6.01. The van der Waals surface area contributed by atoms with Crippen LogP contribution in [0.3, 0.4) is 0 Å². The van der Waals surface area contributed by atoms with Crippen LogP contribution < -0.4 is 29.6 Å². The van der Waals surface area contributed by atoms with Gasteiger partial charge in [-0.3, -0.25) is 34.6 Å². The first kappa shape index (κ1) is 60.4. The molecule has 11 rings (SSSR count). The fraction of sp³-hybridized carbons (Fsp3) is 0.261. The number of hydrogen-bond acceptors (Lipinski definition) is 16. The number of esters is 3. The number of rotatable bonds is 15. The Balaban J connectivity index is 0.800. The highest BCUT2D eigenvalue weighted by atomic mass is 16.6. The predicted molar refractivity (Wildman–Crippen MR) is 323 cm³/mol. The van der Waals surface area contributed by atoms with Crippen LogP contribution in [0.5, 0.6) is 34.5 Å². The number of carbonyl (C=O) groups is 5. The van der Waals surface area contributed by atoms with E-state index < -0.39 is 75.1 Å². The van der Waals surface area contributed by atoms with E-state index in [2.05, 4.69) is 22.6 Å². The fourth-order valence-electron chi connectivity index (χ4n) is 11.0. The van der Waals surface area contributed by atoms with Crippen molar-refractivity contribution >= 4 is 46.3 Å². The van der Waals surface area contributed by atoms with Crippen LogP contribution in [0.4, 0.5) is 5.69 Å². The SMILES string of the molecule is COc1ccc(C(OCC2OC(n3cc(C#CNC(=O)CCNC(=O)c4ccc5c(c4)C4(OC5=O)c5ccc(OC(=O)C(C)(C)C)cc5Oc5cc(OC(=O)C(C)(C)C)ccc54)c4cc([N+](=O)[O-])ccc43)CC2O)(c2ccccc2)c2ccc(O)cc2)cc1. The van der Waals surface area contributed by atoms with E-state index >= 15 is 0 Å². The molecule has 3 aliphatic rings. The number of nitro groups is 1. The Morgan fingerprint density at radius 1 is 0.753 bits per heavy atom. The lowest BCUT2D eigenvalue weighted by Crippen LogP contribution is -2.38. The van der Waals surface area contributed by atoms with Crippen molar-refractivity contribution in [3.8, 4) is 46.5 Å². The number of non-ortho nitro benzene ring substituents is 1. The highest BCUT2D eigenvalue weighted by Crippen LogP contribution is 2.57. The smallest absolute Gasteiger partial charge is 0.340 e. The van der Waals surface area contributed by atoms with E-state index in [0.717, 1.165) is 11.1 Å². The van der Waals surface area contributed by atoms with Gasteiger partial charge in [-0.2, -0.15) is 0 Å². The summed E-state index contributed by atoms with van der Waals surface area (Å²) in [5.74, 6) is 1.38. The number of aromatic hydroxyl groups is 1. The summed E-state index contributed by atoms with van der Waals surface area (Å²) in [7, 11) is 1.58. The van der Waals surface area contributed by atoms with E-state index in [0.29, 0.717) is 44.5 Å². The molecule has 4 unspecified atom stereocenters. The number of benzene rings is 7. The van der Waals surface area contributed by atoms with Gasteiger partial charge in [-0.1, -0.05) is 54.6 Å². The molecule has 1 aromatic heterocycles. The first-order chi connectivity index (χ1) is 42.5. The highest BCUT2D eigenvalue weighted by Gasteiger charge is 2.54. The molecule has 1 saturated heterocycles. The van der Waals surface area contributed by atoms with Crippen LogP contribution in [0.25, 0.3) is 10.9 Å². The van der Waals surface area contributed by atoms with Crippen molar-refractivity contribution in [2.75, 3.05) is 20.3 Å². The van der Waals surface area contributed by atoms with Crippen LogP contribution in [-0.2, 0) is 39.8 Å². The number of carbonyl (C=O) groups excluding carboxylic acids is 5. The maximum atomic E-state index is 14.0. The van der Waals surface area contributed by atoms with Crippen molar-refractivity contribution in [3.05, 3.63) is 218 Å². The van der Waals surface area contributed by atoms with Crippen LogP contribution in [0.15, 0.2) is 158 Å². The molecule has 454 valence electrons. The van der Waals surface area contributed by atoms with Crippen molar-refractivity contribution in [1.82, 2.24) is 15.2 Å². The molecule has 4 N–H and O–H groups in total. The van der Waals surface area contributed by atoms with Crippen molar-refractivity contribution in [3.63, 3.8) is 0 Å². The van der Waals surface area contributed by atoms with Gasteiger partial charge in [0.25, 0.3) is 11.6 Å². The zero-order chi connectivity index (χ0) is 63.2. The van der Waals surface area contributed by atoms with Crippen molar-refractivity contribution < 1.29 is 72.3 Å². The predicted octanol–water partition coefficient (Wildman–Crippen LogP) is 10.6. The molecule has 3 aliphatic heterocycles. The van der Waals surface area contributed by atoms with E-state index in [-0.39, 0.29) is 71.6 Å². The molecule has 20 heteroatoms. The zero-order valence-electron chi connectivity index (χ0n) is 49.6. The summed E-state index contributed by atoms with van der Waals surface area (Å²) in [5, 5.41) is 39.7. The number of nitrogens with one attached hydrogen (secondary N) is 2. The summed E-state index contributed by atoms with van der Waals surface area (Å²) in [5.41, 5.74) is -0.535. The number of fused-ring (bicyclic) bond motifs is 7. The molecule has 1 fully saturated rings. The van der Waals surface area contributed by atoms with Gasteiger partial charge in [0.15, 0.2) is 5.60 Å². The molecule has 0 saturated carbocycles. The Labute approximate surface area is 511 Å². The molecule has 7 aromatic carbocycles. The quantitative estimate of drug-likeness (QED) is 0.0141. The molecule has 8 aromatic rings.